The summed E-state index contributed by atoms with van der Waals surface area (Å²) in [7, 11) is 2.96. The van der Waals surface area contributed by atoms with Gasteiger partial charge in [-0.3, -0.25) is 4.79 Å². The van der Waals surface area contributed by atoms with Gasteiger partial charge in [0, 0.05) is 24.7 Å². The van der Waals surface area contributed by atoms with E-state index in [0.717, 1.165) is 0 Å². The minimum Gasteiger partial charge on any atom is -0.496 e. The Morgan fingerprint density at radius 2 is 1.93 bits per heavy atom. The highest BCUT2D eigenvalue weighted by Crippen LogP contribution is 2.34. The molecule has 28 heavy (non-hydrogen) atoms. The van der Waals surface area contributed by atoms with Gasteiger partial charge in [0.1, 0.15) is 5.75 Å². The van der Waals surface area contributed by atoms with Crippen LogP contribution < -0.4 is 14.4 Å². The Kier molecular flexibility index (Phi) is 4.68. The number of amides is 1. The van der Waals surface area contributed by atoms with Crippen LogP contribution in [0.4, 0.5) is 10.1 Å². The molecule has 1 aliphatic heterocycles. The molecule has 1 unspecified atom stereocenters. The van der Waals surface area contributed by atoms with E-state index in [1.807, 2.05) is 24.3 Å². The number of methoxy groups -OCH3 is 2. The SMILES string of the molecule is COc1ccc(N2CC(c3nc(-c4ccccc4OC)no3)CC2=O)cc1F. The Balaban J connectivity index is 1.56. The van der Waals surface area contributed by atoms with Gasteiger partial charge < -0.3 is 18.9 Å². The lowest BCUT2D eigenvalue weighted by Gasteiger charge is -2.16. The first-order valence-corrected chi connectivity index (χ1v) is 8.71. The summed E-state index contributed by atoms with van der Waals surface area (Å²) in [6, 6.07) is 11.8. The van der Waals surface area contributed by atoms with E-state index in [0.29, 0.717) is 35.3 Å². The fraction of sp³-hybridized carbons (Fsp3) is 0.250. The summed E-state index contributed by atoms with van der Waals surface area (Å²) in [6.07, 6.45) is 0.210. The van der Waals surface area contributed by atoms with E-state index >= 15 is 0 Å². The molecule has 2 heterocycles. The number of anilines is 1. The summed E-state index contributed by atoms with van der Waals surface area (Å²) in [5.74, 6) is 0.602. The van der Waals surface area contributed by atoms with E-state index in [9.17, 15) is 9.18 Å². The maximum Gasteiger partial charge on any atom is 0.232 e. The number of hydrogen-bond donors (Lipinski definition) is 0. The van der Waals surface area contributed by atoms with Crippen molar-refractivity contribution in [3.05, 3.63) is 54.2 Å². The molecule has 0 saturated carbocycles. The maximum absolute atomic E-state index is 14.0. The number of para-hydroxylation sites is 1. The van der Waals surface area contributed by atoms with Gasteiger partial charge in [0.15, 0.2) is 11.6 Å². The number of carbonyl (C=O) groups is 1. The molecule has 0 radical (unpaired) electrons. The summed E-state index contributed by atoms with van der Waals surface area (Å²) >= 11 is 0. The topological polar surface area (TPSA) is 77.7 Å². The molecule has 8 heteroatoms. The molecule has 3 aromatic rings. The molecule has 0 spiro atoms. The van der Waals surface area contributed by atoms with Crippen molar-refractivity contribution in [3.63, 3.8) is 0 Å². The third-order valence-corrected chi connectivity index (χ3v) is 4.71. The van der Waals surface area contributed by atoms with Crippen molar-refractivity contribution < 1.29 is 23.2 Å². The molecule has 2 aromatic carbocycles. The largest absolute Gasteiger partial charge is 0.496 e. The Hall–Kier alpha value is -3.42. The number of nitrogens with zero attached hydrogens (tertiary/aromatic N) is 3. The molecule has 1 saturated heterocycles. The van der Waals surface area contributed by atoms with E-state index in [2.05, 4.69) is 10.1 Å². The number of hydrogen-bond acceptors (Lipinski definition) is 6. The molecule has 1 atom stereocenters. The van der Waals surface area contributed by atoms with Crippen molar-refractivity contribution in [1.82, 2.24) is 10.1 Å². The van der Waals surface area contributed by atoms with Crippen LogP contribution in [-0.2, 0) is 4.79 Å². The molecule has 4 rings (SSSR count). The second-order valence-corrected chi connectivity index (χ2v) is 6.38. The Morgan fingerprint density at radius 3 is 2.68 bits per heavy atom. The summed E-state index contributed by atoms with van der Waals surface area (Å²) in [5, 5.41) is 4.03. The normalized spacial score (nSPS) is 16.5. The first-order chi connectivity index (χ1) is 13.6. The van der Waals surface area contributed by atoms with Crippen LogP contribution in [0.25, 0.3) is 11.4 Å². The second-order valence-electron chi connectivity index (χ2n) is 6.38. The number of rotatable bonds is 5. The van der Waals surface area contributed by atoms with Crippen LogP contribution in [0.2, 0.25) is 0 Å². The Bertz CT molecular complexity index is 1020. The van der Waals surface area contributed by atoms with Gasteiger partial charge in [-0.25, -0.2) is 4.39 Å². The predicted molar refractivity (Wildman–Crippen MR) is 98.9 cm³/mol. The van der Waals surface area contributed by atoms with Gasteiger partial charge in [-0.05, 0) is 24.3 Å². The van der Waals surface area contributed by atoms with Crippen LogP contribution in [0.1, 0.15) is 18.2 Å². The molecular weight excluding hydrogens is 365 g/mol. The maximum atomic E-state index is 14.0. The zero-order valence-corrected chi connectivity index (χ0v) is 15.4. The third kappa shape index (κ3) is 3.17. The highest BCUT2D eigenvalue weighted by Gasteiger charge is 2.35. The quantitative estimate of drug-likeness (QED) is 0.672. The van der Waals surface area contributed by atoms with Crippen molar-refractivity contribution in [2.75, 3.05) is 25.7 Å². The summed E-state index contributed by atoms with van der Waals surface area (Å²) in [6.45, 7) is 0.332. The minimum atomic E-state index is -0.521. The number of ether oxygens (including phenoxy) is 2. The van der Waals surface area contributed by atoms with Gasteiger partial charge in [0.25, 0.3) is 0 Å². The molecule has 0 N–H and O–H groups in total. The van der Waals surface area contributed by atoms with Crippen LogP contribution in [0.5, 0.6) is 11.5 Å². The molecule has 144 valence electrons. The first-order valence-electron chi connectivity index (χ1n) is 8.71. The molecule has 1 aromatic heterocycles. The number of carbonyl (C=O) groups excluding carboxylic acids is 1. The van der Waals surface area contributed by atoms with Crippen molar-refractivity contribution in [1.29, 1.82) is 0 Å². The smallest absolute Gasteiger partial charge is 0.232 e. The lowest BCUT2D eigenvalue weighted by Crippen LogP contribution is -2.24. The predicted octanol–water partition coefficient (Wildman–Crippen LogP) is 3.41. The number of benzene rings is 2. The summed E-state index contributed by atoms with van der Waals surface area (Å²) in [4.78, 5) is 18.4. The monoisotopic (exact) mass is 383 g/mol. The van der Waals surface area contributed by atoms with E-state index in [1.165, 1.54) is 24.1 Å². The standard InChI is InChI=1S/C20H18FN3O4/c1-26-16-6-4-3-5-14(16)19-22-20(28-23-19)12-9-18(25)24(11-12)13-7-8-17(27-2)15(21)10-13/h3-8,10,12H,9,11H2,1-2H3. The van der Waals surface area contributed by atoms with Gasteiger partial charge in [0.2, 0.25) is 17.6 Å². The van der Waals surface area contributed by atoms with Gasteiger partial charge in [-0.2, -0.15) is 4.98 Å². The Morgan fingerprint density at radius 1 is 1.14 bits per heavy atom. The zero-order valence-electron chi connectivity index (χ0n) is 15.4. The van der Waals surface area contributed by atoms with E-state index in [-0.39, 0.29) is 24.0 Å². The van der Waals surface area contributed by atoms with Gasteiger partial charge in [-0.1, -0.05) is 17.3 Å². The van der Waals surface area contributed by atoms with Gasteiger partial charge in [-0.15, -0.1) is 0 Å². The molecule has 0 bridgehead atoms. The number of halogens is 1. The lowest BCUT2D eigenvalue weighted by atomic mass is 10.1. The van der Waals surface area contributed by atoms with Gasteiger partial charge >= 0.3 is 0 Å². The van der Waals surface area contributed by atoms with Crippen molar-refractivity contribution in [3.8, 4) is 22.9 Å². The first kappa shape index (κ1) is 18.0. The van der Waals surface area contributed by atoms with Crippen LogP contribution in [-0.4, -0.2) is 36.8 Å². The van der Waals surface area contributed by atoms with Crippen LogP contribution in [0.3, 0.4) is 0 Å². The van der Waals surface area contributed by atoms with Crippen LogP contribution >= 0.6 is 0 Å². The molecule has 1 amide bonds. The minimum absolute atomic E-state index is 0.130. The van der Waals surface area contributed by atoms with Gasteiger partial charge in [0.05, 0.1) is 25.7 Å². The number of aromatic nitrogens is 2. The third-order valence-electron chi connectivity index (χ3n) is 4.71. The average molecular weight is 383 g/mol. The molecular formula is C20H18FN3O4. The molecule has 7 nitrogen and oxygen atoms in total. The fourth-order valence-electron chi connectivity index (χ4n) is 3.29. The Labute approximate surface area is 160 Å². The van der Waals surface area contributed by atoms with E-state index < -0.39 is 5.82 Å². The lowest BCUT2D eigenvalue weighted by molar-refractivity contribution is -0.117. The average Bonchev–Trinajstić information content (AvgIpc) is 3.34. The van der Waals surface area contributed by atoms with Crippen molar-refractivity contribution in [2.24, 2.45) is 0 Å². The second kappa shape index (κ2) is 7.30. The summed E-state index contributed by atoms with van der Waals surface area (Å²) in [5.41, 5.74) is 1.17. The van der Waals surface area contributed by atoms with Crippen molar-refractivity contribution in [2.45, 2.75) is 12.3 Å². The zero-order chi connectivity index (χ0) is 19.7. The highest BCUT2D eigenvalue weighted by atomic mass is 19.1. The molecule has 1 fully saturated rings. The summed E-state index contributed by atoms with van der Waals surface area (Å²) < 4.78 is 29.7. The van der Waals surface area contributed by atoms with Crippen LogP contribution in [0.15, 0.2) is 47.0 Å². The van der Waals surface area contributed by atoms with Crippen LogP contribution in [0, 0.1) is 5.82 Å². The van der Waals surface area contributed by atoms with E-state index in [1.54, 1.807) is 13.2 Å². The molecule has 0 aliphatic carbocycles. The highest BCUT2D eigenvalue weighted by molar-refractivity contribution is 5.96. The van der Waals surface area contributed by atoms with E-state index in [4.69, 9.17) is 14.0 Å². The molecule has 1 aliphatic rings. The fourth-order valence-corrected chi connectivity index (χ4v) is 3.29. The van der Waals surface area contributed by atoms with Crippen molar-refractivity contribution >= 4 is 11.6 Å².